The van der Waals surface area contributed by atoms with Crippen LogP contribution in [0.5, 0.6) is 0 Å². The summed E-state index contributed by atoms with van der Waals surface area (Å²) in [6.07, 6.45) is 4.48. The van der Waals surface area contributed by atoms with Crippen LogP contribution < -0.4 is 5.32 Å². The molecule has 0 bridgehead atoms. The van der Waals surface area contributed by atoms with Gasteiger partial charge < -0.3 is 10.1 Å². The van der Waals surface area contributed by atoms with Gasteiger partial charge >= 0.3 is 0 Å². The van der Waals surface area contributed by atoms with E-state index in [-0.39, 0.29) is 5.60 Å². The second kappa shape index (κ2) is 6.84. The van der Waals surface area contributed by atoms with Gasteiger partial charge in [-0.3, -0.25) is 0 Å². The number of nitrogens with zero attached hydrogens (tertiary/aromatic N) is 2. The highest BCUT2D eigenvalue weighted by atomic mass is 16.5. The summed E-state index contributed by atoms with van der Waals surface area (Å²) in [7, 11) is 1.79. The fourth-order valence-electron chi connectivity index (χ4n) is 3.57. The quantitative estimate of drug-likeness (QED) is 0.874. The first kappa shape index (κ1) is 16.4. The fourth-order valence-corrected chi connectivity index (χ4v) is 3.57. The summed E-state index contributed by atoms with van der Waals surface area (Å²) in [5.41, 5.74) is 3.24. The highest BCUT2D eigenvalue weighted by Gasteiger charge is 2.39. The largest absolute Gasteiger partial charge is 0.370 e. The van der Waals surface area contributed by atoms with Crippen molar-refractivity contribution >= 4 is 0 Å². The number of aromatic nitrogens is 2. The predicted octanol–water partition coefficient (Wildman–Crippen LogP) is 3.22. The molecule has 4 heteroatoms. The maximum Gasteiger partial charge on any atom is 0.160 e. The van der Waals surface area contributed by atoms with Crippen molar-refractivity contribution < 1.29 is 4.74 Å². The Balaban J connectivity index is 2.32. The van der Waals surface area contributed by atoms with Crippen LogP contribution in [0.4, 0.5) is 0 Å². The van der Waals surface area contributed by atoms with Crippen molar-refractivity contribution in [3.05, 3.63) is 22.8 Å². The summed E-state index contributed by atoms with van der Waals surface area (Å²) < 4.78 is 5.82. The lowest BCUT2D eigenvalue weighted by Crippen LogP contribution is -2.29. The van der Waals surface area contributed by atoms with Crippen molar-refractivity contribution in [1.29, 1.82) is 0 Å². The molecule has 1 N–H and O–H groups in total. The molecule has 1 heterocycles. The number of likely N-dealkylation sites (N-methyl/N-ethyl adjacent to an activating group) is 1. The van der Waals surface area contributed by atoms with Gasteiger partial charge in [-0.1, -0.05) is 13.8 Å². The number of aryl methyl sites for hydroxylation is 2. The van der Waals surface area contributed by atoms with E-state index in [9.17, 15) is 0 Å². The van der Waals surface area contributed by atoms with E-state index < -0.39 is 0 Å². The maximum absolute atomic E-state index is 5.82. The fraction of sp³-hybridized carbons (Fsp3) is 0.765. The molecule has 1 unspecified atom stereocenters. The van der Waals surface area contributed by atoms with Crippen LogP contribution in [0.3, 0.4) is 0 Å². The second-order valence-electron chi connectivity index (χ2n) is 6.25. The van der Waals surface area contributed by atoms with Crippen LogP contribution in [0.2, 0.25) is 0 Å². The average molecular weight is 291 g/mol. The molecular formula is C17H29N3O. The van der Waals surface area contributed by atoms with E-state index >= 15 is 0 Å². The minimum absolute atomic E-state index is 0.251. The zero-order valence-electron chi connectivity index (χ0n) is 14.1. The Hall–Kier alpha value is -1.00. The third kappa shape index (κ3) is 3.27. The summed E-state index contributed by atoms with van der Waals surface area (Å²) in [5.74, 6) is 1.32. The predicted molar refractivity (Wildman–Crippen MR) is 85.6 cm³/mol. The van der Waals surface area contributed by atoms with Crippen LogP contribution in [0.1, 0.15) is 68.2 Å². The summed E-state index contributed by atoms with van der Waals surface area (Å²) in [4.78, 5) is 9.65. The van der Waals surface area contributed by atoms with Gasteiger partial charge in [0.1, 0.15) is 5.60 Å². The molecule has 1 fully saturated rings. The molecule has 1 aliphatic carbocycles. The molecule has 0 aromatic carbocycles. The van der Waals surface area contributed by atoms with Gasteiger partial charge in [0.05, 0.1) is 0 Å². The highest BCUT2D eigenvalue weighted by Crippen LogP contribution is 2.40. The molecule has 118 valence electrons. The van der Waals surface area contributed by atoms with Crippen LogP contribution in [0, 0.1) is 13.8 Å². The smallest absolute Gasteiger partial charge is 0.160 e. The normalized spacial score (nSPS) is 18.9. The van der Waals surface area contributed by atoms with E-state index in [1.54, 1.807) is 7.11 Å². The van der Waals surface area contributed by atoms with Crippen LogP contribution in [0.25, 0.3) is 0 Å². The number of hydrogen-bond acceptors (Lipinski definition) is 4. The Morgan fingerprint density at radius 3 is 2.24 bits per heavy atom. The van der Waals surface area contributed by atoms with Crippen LogP contribution >= 0.6 is 0 Å². The first-order valence-electron chi connectivity index (χ1n) is 8.15. The Labute approximate surface area is 128 Å². The molecule has 0 amide bonds. The molecule has 1 saturated carbocycles. The first-order valence-corrected chi connectivity index (χ1v) is 8.15. The van der Waals surface area contributed by atoms with Gasteiger partial charge in [-0.05, 0) is 57.6 Å². The zero-order valence-corrected chi connectivity index (χ0v) is 14.1. The van der Waals surface area contributed by atoms with E-state index in [0.717, 1.165) is 43.1 Å². The Bertz CT molecular complexity index is 458. The van der Waals surface area contributed by atoms with E-state index in [0.29, 0.717) is 5.92 Å². The summed E-state index contributed by atoms with van der Waals surface area (Å²) >= 11 is 0. The van der Waals surface area contributed by atoms with Crippen molar-refractivity contribution in [1.82, 2.24) is 15.3 Å². The minimum atomic E-state index is -0.251. The molecule has 1 atom stereocenters. The van der Waals surface area contributed by atoms with Crippen molar-refractivity contribution in [3.63, 3.8) is 0 Å². The maximum atomic E-state index is 5.82. The molecule has 0 radical (unpaired) electrons. The molecule has 0 spiro atoms. The van der Waals surface area contributed by atoms with Gasteiger partial charge in [-0.25, -0.2) is 9.97 Å². The van der Waals surface area contributed by atoms with E-state index in [1.165, 1.54) is 18.4 Å². The molecule has 2 rings (SSSR count). The Morgan fingerprint density at radius 1 is 1.19 bits per heavy atom. The third-order valence-corrected chi connectivity index (χ3v) is 4.73. The number of ether oxygens (including phenoxy) is 1. The number of rotatable bonds is 6. The topological polar surface area (TPSA) is 47.0 Å². The van der Waals surface area contributed by atoms with Gasteiger partial charge in [0.2, 0.25) is 0 Å². The molecule has 21 heavy (non-hydrogen) atoms. The Kier molecular flexibility index (Phi) is 5.33. The van der Waals surface area contributed by atoms with Crippen molar-refractivity contribution in [2.24, 2.45) is 0 Å². The SMILES string of the molecule is CCNCC(C)c1c(C)nc(C2(OC)CCCC2)nc1C. The van der Waals surface area contributed by atoms with Crippen molar-refractivity contribution in [2.75, 3.05) is 20.2 Å². The molecule has 1 aromatic heterocycles. The summed E-state index contributed by atoms with van der Waals surface area (Å²) in [5, 5.41) is 3.41. The zero-order chi connectivity index (χ0) is 15.5. The van der Waals surface area contributed by atoms with E-state index in [2.05, 4.69) is 33.0 Å². The standard InChI is InChI=1S/C17H29N3O/c1-6-18-11-12(2)15-13(3)19-16(20-14(15)4)17(21-5)9-7-8-10-17/h12,18H,6-11H2,1-5H3. The van der Waals surface area contributed by atoms with Gasteiger partial charge in [0, 0.05) is 25.0 Å². The van der Waals surface area contributed by atoms with Crippen molar-refractivity contribution in [2.45, 2.75) is 64.9 Å². The minimum Gasteiger partial charge on any atom is -0.370 e. The van der Waals surface area contributed by atoms with Crippen LogP contribution in [-0.2, 0) is 10.3 Å². The number of nitrogens with one attached hydrogen (secondary N) is 1. The monoisotopic (exact) mass is 291 g/mol. The van der Waals surface area contributed by atoms with Crippen LogP contribution in [0.15, 0.2) is 0 Å². The second-order valence-corrected chi connectivity index (χ2v) is 6.25. The van der Waals surface area contributed by atoms with E-state index in [4.69, 9.17) is 14.7 Å². The summed E-state index contributed by atoms with van der Waals surface area (Å²) in [6.45, 7) is 10.5. The Morgan fingerprint density at radius 2 is 1.76 bits per heavy atom. The van der Waals surface area contributed by atoms with Crippen molar-refractivity contribution in [3.8, 4) is 0 Å². The average Bonchev–Trinajstić information content (AvgIpc) is 2.94. The van der Waals surface area contributed by atoms with E-state index in [1.807, 2.05) is 0 Å². The van der Waals surface area contributed by atoms with Gasteiger partial charge in [-0.15, -0.1) is 0 Å². The molecule has 0 aliphatic heterocycles. The van der Waals surface area contributed by atoms with Gasteiger partial charge in [-0.2, -0.15) is 0 Å². The lowest BCUT2D eigenvalue weighted by molar-refractivity contribution is -0.0166. The molecular weight excluding hydrogens is 262 g/mol. The summed E-state index contributed by atoms with van der Waals surface area (Å²) in [6, 6.07) is 0. The van der Waals surface area contributed by atoms with Gasteiger partial charge in [0.25, 0.3) is 0 Å². The highest BCUT2D eigenvalue weighted by molar-refractivity contribution is 5.29. The van der Waals surface area contributed by atoms with Crippen LogP contribution in [-0.4, -0.2) is 30.2 Å². The van der Waals surface area contributed by atoms with Gasteiger partial charge in [0.15, 0.2) is 5.82 Å². The molecule has 1 aliphatic rings. The number of methoxy groups -OCH3 is 1. The lowest BCUT2D eigenvalue weighted by Gasteiger charge is -2.27. The number of hydrogen-bond donors (Lipinski definition) is 1. The lowest BCUT2D eigenvalue weighted by atomic mass is 9.95. The molecule has 4 nitrogen and oxygen atoms in total. The third-order valence-electron chi connectivity index (χ3n) is 4.73. The molecule has 1 aromatic rings. The molecule has 0 saturated heterocycles. The first-order chi connectivity index (χ1) is 10.0.